The zero-order valence-electron chi connectivity index (χ0n) is 12.7. The van der Waals surface area contributed by atoms with Crippen LogP contribution in [0.1, 0.15) is 52.6 Å². The number of hydrogen-bond donors (Lipinski definition) is 2. The van der Waals surface area contributed by atoms with Gasteiger partial charge in [0.1, 0.15) is 5.82 Å². The highest BCUT2D eigenvalue weighted by Crippen LogP contribution is 2.24. The third kappa shape index (κ3) is 4.43. The summed E-state index contributed by atoms with van der Waals surface area (Å²) >= 11 is 1.64. The summed E-state index contributed by atoms with van der Waals surface area (Å²) in [7, 11) is 0. The van der Waals surface area contributed by atoms with Gasteiger partial charge in [-0.2, -0.15) is 0 Å². The van der Waals surface area contributed by atoms with Crippen LogP contribution in [-0.2, 0) is 19.3 Å². The average Bonchev–Trinajstić information content (AvgIpc) is 3.13. The standard InChI is InChI=1S/C16H23N3OS/c1-3-6-13-12(4-2)11-14(21-13)16(20)19-8-5-7-15-17-9-10-18-15/h9-11H,3-8H2,1-2H3,(H,17,18)(H,19,20). The van der Waals surface area contributed by atoms with E-state index in [2.05, 4.69) is 35.2 Å². The van der Waals surface area contributed by atoms with E-state index < -0.39 is 0 Å². The molecule has 0 saturated carbocycles. The van der Waals surface area contributed by atoms with Gasteiger partial charge in [0.05, 0.1) is 4.88 Å². The Bertz CT molecular complexity index is 560. The van der Waals surface area contributed by atoms with E-state index in [1.54, 1.807) is 17.5 Å². The topological polar surface area (TPSA) is 57.8 Å². The number of hydrogen-bond acceptors (Lipinski definition) is 3. The average molecular weight is 305 g/mol. The Balaban J connectivity index is 1.82. The highest BCUT2D eigenvalue weighted by Gasteiger charge is 2.12. The molecular formula is C16H23N3OS. The maximum atomic E-state index is 12.2. The van der Waals surface area contributed by atoms with Gasteiger partial charge in [-0.3, -0.25) is 4.79 Å². The lowest BCUT2D eigenvalue weighted by Crippen LogP contribution is -2.24. The minimum atomic E-state index is 0.0523. The van der Waals surface area contributed by atoms with E-state index in [4.69, 9.17) is 0 Å². The van der Waals surface area contributed by atoms with Crippen LogP contribution in [0, 0.1) is 0 Å². The SMILES string of the molecule is CCCc1sc(C(=O)NCCCc2ncc[nH]2)cc1CC. The molecule has 1 amide bonds. The van der Waals surface area contributed by atoms with Crippen LogP contribution in [0.25, 0.3) is 0 Å². The van der Waals surface area contributed by atoms with Crippen LogP contribution >= 0.6 is 11.3 Å². The first-order chi connectivity index (χ1) is 10.2. The van der Waals surface area contributed by atoms with Crippen LogP contribution in [0.3, 0.4) is 0 Å². The lowest BCUT2D eigenvalue weighted by atomic mass is 10.1. The molecule has 2 heterocycles. The van der Waals surface area contributed by atoms with Gasteiger partial charge < -0.3 is 10.3 Å². The van der Waals surface area contributed by atoms with Crippen LogP contribution in [0.5, 0.6) is 0 Å². The number of imidazole rings is 1. The molecule has 0 fully saturated rings. The number of amides is 1. The number of carbonyl (C=O) groups excluding carboxylic acids is 1. The molecule has 2 aromatic rings. The van der Waals surface area contributed by atoms with Gasteiger partial charge in [-0.1, -0.05) is 20.3 Å². The molecule has 0 bridgehead atoms. The highest BCUT2D eigenvalue weighted by atomic mass is 32.1. The van der Waals surface area contributed by atoms with Crippen molar-refractivity contribution < 1.29 is 4.79 Å². The number of nitrogens with one attached hydrogen (secondary N) is 2. The summed E-state index contributed by atoms with van der Waals surface area (Å²) in [5.74, 6) is 1.02. The second-order valence-corrected chi connectivity index (χ2v) is 6.19. The summed E-state index contributed by atoms with van der Waals surface area (Å²) in [6.07, 6.45) is 8.52. The van der Waals surface area contributed by atoms with Gasteiger partial charge in [0.15, 0.2) is 0 Å². The van der Waals surface area contributed by atoms with E-state index in [9.17, 15) is 4.79 Å². The molecule has 0 spiro atoms. The molecule has 0 atom stereocenters. The van der Waals surface area contributed by atoms with Gasteiger partial charge in [0.2, 0.25) is 0 Å². The van der Waals surface area contributed by atoms with Crippen LogP contribution < -0.4 is 5.32 Å². The molecule has 0 aliphatic heterocycles. The van der Waals surface area contributed by atoms with Gasteiger partial charge in [0.25, 0.3) is 5.91 Å². The molecule has 0 radical (unpaired) electrons. The van der Waals surface area contributed by atoms with E-state index >= 15 is 0 Å². The first kappa shape index (κ1) is 15.8. The number of rotatable bonds is 8. The van der Waals surface area contributed by atoms with Crippen molar-refractivity contribution in [1.29, 1.82) is 0 Å². The Morgan fingerprint density at radius 1 is 1.38 bits per heavy atom. The quantitative estimate of drug-likeness (QED) is 0.735. The fourth-order valence-electron chi connectivity index (χ4n) is 2.30. The zero-order chi connectivity index (χ0) is 15.1. The predicted octanol–water partition coefficient (Wildman–Crippen LogP) is 3.35. The van der Waals surface area contributed by atoms with Gasteiger partial charge in [-0.05, 0) is 30.9 Å². The molecular weight excluding hydrogens is 282 g/mol. The Morgan fingerprint density at radius 2 is 2.24 bits per heavy atom. The molecule has 0 saturated heterocycles. The highest BCUT2D eigenvalue weighted by molar-refractivity contribution is 7.14. The Morgan fingerprint density at radius 3 is 2.90 bits per heavy atom. The van der Waals surface area contributed by atoms with Crippen molar-refractivity contribution in [3.63, 3.8) is 0 Å². The molecule has 0 aromatic carbocycles. The largest absolute Gasteiger partial charge is 0.351 e. The maximum Gasteiger partial charge on any atom is 0.261 e. The van der Waals surface area contributed by atoms with Gasteiger partial charge >= 0.3 is 0 Å². The lowest BCUT2D eigenvalue weighted by Gasteiger charge is -2.02. The Hall–Kier alpha value is -1.62. The van der Waals surface area contributed by atoms with Crippen molar-refractivity contribution in [2.24, 2.45) is 0 Å². The molecule has 0 aliphatic rings. The van der Waals surface area contributed by atoms with Crippen molar-refractivity contribution in [2.75, 3.05) is 6.54 Å². The summed E-state index contributed by atoms with van der Waals surface area (Å²) < 4.78 is 0. The number of aromatic nitrogens is 2. The van der Waals surface area contributed by atoms with Crippen LogP contribution in [-0.4, -0.2) is 22.4 Å². The Labute approximate surface area is 130 Å². The smallest absolute Gasteiger partial charge is 0.261 e. The summed E-state index contributed by atoms with van der Waals surface area (Å²) in [6, 6.07) is 2.05. The molecule has 2 rings (SSSR count). The van der Waals surface area contributed by atoms with E-state index in [0.29, 0.717) is 6.54 Å². The fourth-order valence-corrected chi connectivity index (χ4v) is 3.57. The van der Waals surface area contributed by atoms with Crippen molar-refractivity contribution in [2.45, 2.75) is 46.0 Å². The fraction of sp³-hybridized carbons (Fsp3) is 0.500. The Kier molecular flexibility index (Phi) is 5.99. The molecule has 5 heteroatoms. The van der Waals surface area contributed by atoms with Gasteiger partial charge in [0, 0.05) is 30.2 Å². The number of H-pyrrole nitrogens is 1. The number of nitrogens with zero attached hydrogens (tertiary/aromatic N) is 1. The van der Waals surface area contributed by atoms with E-state index in [-0.39, 0.29) is 5.91 Å². The number of aromatic amines is 1. The molecule has 21 heavy (non-hydrogen) atoms. The second kappa shape index (κ2) is 7.98. The molecule has 0 unspecified atom stereocenters. The first-order valence-corrected chi connectivity index (χ1v) is 8.44. The molecule has 114 valence electrons. The van der Waals surface area contributed by atoms with E-state index in [1.165, 1.54) is 10.4 Å². The van der Waals surface area contributed by atoms with Crippen molar-refractivity contribution in [1.82, 2.24) is 15.3 Å². The number of carbonyl (C=O) groups is 1. The third-order valence-electron chi connectivity index (χ3n) is 3.41. The molecule has 0 aliphatic carbocycles. The minimum Gasteiger partial charge on any atom is -0.351 e. The molecule has 2 N–H and O–H groups in total. The van der Waals surface area contributed by atoms with Gasteiger partial charge in [-0.25, -0.2) is 4.98 Å². The van der Waals surface area contributed by atoms with E-state index in [0.717, 1.165) is 42.8 Å². The van der Waals surface area contributed by atoms with E-state index in [1.807, 2.05) is 6.20 Å². The number of aryl methyl sites for hydroxylation is 3. The van der Waals surface area contributed by atoms with Crippen LogP contribution in [0.2, 0.25) is 0 Å². The first-order valence-electron chi connectivity index (χ1n) is 7.62. The van der Waals surface area contributed by atoms with Crippen LogP contribution in [0.4, 0.5) is 0 Å². The monoisotopic (exact) mass is 305 g/mol. The summed E-state index contributed by atoms with van der Waals surface area (Å²) in [4.78, 5) is 21.6. The van der Waals surface area contributed by atoms with Crippen molar-refractivity contribution in [3.05, 3.63) is 39.6 Å². The minimum absolute atomic E-state index is 0.0523. The van der Waals surface area contributed by atoms with Crippen LogP contribution in [0.15, 0.2) is 18.5 Å². The summed E-state index contributed by atoms with van der Waals surface area (Å²) in [5.41, 5.74) is 1.32. The summed E-state index contributed by atoms with van der Waals surface area (Å²) in [5, 5.41) is 3.00. The van der Waals surface area contributed by atoms with Crippen molar-refractivity contribution >= 4 is 17.2 Å². The lowest BCUT2D eigenvalue weighted by molar-refractivity contribution is 0.0957. The molecule has 2 aromatic heterocycles. The third-order valence-corrected chi connectivity index (χ3v) is 4.65. The zero-order valence-corrected chi connectivity index (χ0v) is 13.6. The second-order valence-electron chi connectivity index (χ2n) is 5.06. The summed E-state index contributed by atoms with van der Waals surface area (Å²) in [6.45, 7) is 5.00. The number of thiophene rings is 1. The normalized spacial score (nSPS) is 10.8. The van der Waals surface area contributed by atoms with Gasteiger partial charge in [-0.15, -0.1) is 11.3 Å². The predicted molar refractivity (Wildman–Crippen MR) is 86.9 cm³/mol. The van der Waals surface area contributed by atoms with Crippen molar-refractivity contribution in [3.8, 4) is 0 Å². The maximum absolute atomic E-state index is 12.2. The molecule has 4 nitrogen and oxygen atoms in total.